The number of benzene rings is 1. The molecule has 0 saturated carbocycles. The van der Waals surface area contributed by atoms with Crippen molar-refractivity contribution in [3.8, 4) is 0 Å². The van der Waals surface area contributed by atoms with Crippen LogP contribution in [0.5, 0.6) is 0 Å². The van der Waals surface area contributed by atoms with Crippen LogP contribution in [0.2, 0.25) is 5.02 Å². The number of rotatable bonds is 3. The molecule has 1 heterocycles. The summed E-state index contributed by atoms with van der Waals surface area (Å²) in [5.41, 5.74) is 0.707. The van der Waals surface area contributed by atoms with Crippen molar-refractivity contribution < 1.29 is 9.21 Å². The standard InChI is InChI=1S/C15H13ClN2O2S/c1-10-5-6-13(20-10)7-8-14(19)18-15(21)17-12-4-2-3-11(16)9-12/h2-9H,1H3,(H2,17,18,19,21). The molecule has 0 atom stereocenters. The van der Waals surface area contributed by atoms with Crippen LogP contribution in [0.25, 0.3) is 6.08 Å². The van der Waals surface area contributed by atoms with E-state index in [0.29, 0.717) is 16.5 Å². The lowest BCUT2D eigenvalue weighted by molar-refractivity contribution is -0.115. The molecule has 4 nitrogen and oxygen atoms in total. The topological polar surface area (TPSA) is 54.3 Å². The number of halogens is 1. The number of nitrogens with one attached hydrogen (secondary N) is 2. The third-order valence-corrected chi connectivity index (χ3v) is 2.92. The van der Waals surface area contributed by atoms with Gasteiger partial charge in [0.2, 0.25) is 5.91 Å². The Hall–Kier alpha value is -2.11. The van der Waals surface area contributed by atoms with Gasteiger partial charge in [0.25, 0.3) is 0 Å². The van der Waals surface area contributed by atoms with Crippen LogP contribution in [0, 0.1) is 6.92 Å². The van der Waals surface area contributed by atoms with Crippen LogP contribution in [0.1, 0.15) is 11.5 Å². The minimum absolute atomic E-state index is 0.197. The van der Waals surface area contributed by atoms with Gasteiger partial charge in [0.1, 0.15) is 11.5 Å². The molecule has 6 heteroatoms. The summed E-state index contributed by atoms with van der Waals surface area (Å²) in [5, 5.41) is 6.19. The third kappa shape index (κ3) is 5.06. The minimum Gasteiger partial charge on any atom is -0.462 e. The summed E-state index contributed by atoms with van der Waals surface area (Å²) in [4.78, 5) is 11.7. The zero-order chi connectivity index (χ0) is 15.2. The molecular formula is C15H13ClN2O2S. The average molecular weight is 321 g/mol. The molecule has 2 aromatic rings. The number of anilines is 1. The first-order valence-electron chi connectivity index (χ1n) is 6.15. The molecule has 2 rings (SSSR count). The highest BCUT2D eigenvalue weighted by Gasteiger charge is 2.02. The van der Waals surface area contributed by atoms with Gasteiger partial charge in [-0.2, -0.15) is 0 Å². The zero-order valence-electron chi connectivity index (χ0n) is 11.2. The number of furan rings is 1. The number of thiocarbonyl (C=S) groups is 1. The Labute approximate surface area is 132 Å². The summed E-state index contributed by atoms with van der Waals surface area (Å²) in [7, 11) is 0. The Morgan fingerprint density at radius 1 is 1.33 bits per heavy atom. The van der Waals surface area contributed by atoms with E-state index in [1.54, 1.807) is 36.4 Å². The first-order chi connectivity index (χ1) is 10.0. The van der Waals surface area contributed by atoms with E-state index < -0.39 is 0 Å². The second-order valence-electron chi connectivity index (χ2n) is 4.24. The van der Waals surface area contributed by atoms with Gasteiger partial charge in [-0.25, -0.2) is 0 Å². The van der Waals surface area contributed by atoms with Crippen LogP contribution in [0.4, 0.5) is 5.69 Å². The highest BCUT2D eigenvalue weighted by atomic mass is 35.5. The molecule has 0 aliphatic carbocycles. The van der Waals surface area contributed by atoms with Gasteiger partial charge < -0.3 is 9.73 Å². The fourth-order valence-corrected chi connectivity index (χ4v) is 1.99. The van der Waals surface area contributed by atoms with E-state index in [2.05, 4.69) is 10.6 Å². The maximum Gasteiger partial charge on any atom is 0.250 e. The van der Waals surface area contributed by atoms with Crippen molar-refractivity contribution in [2.75, 3.05) is 5.32 Å². The highest BCUT2D eigenvalue weighted by Crippen LogP contribution is 2.14. The first kappa shape index (κ1) is 15.3. The van der Waals surface area contributed by atoms with E-state index >= 15 is 0 Å². The average Bonchev–Trinajstić information content (AvgIpc) is 2.82. The van der Waals surface area contributed by atoms with Crippen LogP contribution in [0.3, 0.4) is 0 Å². The van der Waals surface area contributed by atoms with Crippen LogP contribution < -0.4 is 10.6 Å². The van der Waals surface area contributed by atoms with Gasteiger partial charge in [0.15, 0.2) is 5.11 Å². The number of carbonyl (C=O) groups excluding carboxylic acids is 1. The van der Waals surface area contributed by atoms with Crippen LogP contribution in [-0.4, -0.2) is 11.0 Å². The molecule has 1 aromatic heterocycles. The lowest BCUT2D eigenvalue weighted by Gasteiger charge is -2.08. The van der Waals surface area contributed by atoms with Gasteiger partial charge in [-0.1, -0.05) is 17.7 Å². The summed E-state index contributed by atoms with van der Waals surface area (Å²) in [6.45, 7) is 1.83. The smallest absolute Gasteiger partial charge is 0.250 e. The molecule has 0 aliphatic heterocycles. The summed E-state index contributed by atoms with van der Waals surface area (Å²) < 4.78 is 5.32. The summed E-state index contributed by atoms with van der Waals surface area (Å²) >= 11 is 10.9. The molecule has 108 valence electrons. The molecule has 0 spiro atoms. The van der Waals surface area contributed by atoms with Gasteiger partial charge >= 0.3 is 0 Å². The molecule has 0 aliphatic rings. The maximum absolute atomic E-state index is 11.7. The number of carbonyl (C=O) groups is 1. The van der Waals surface area contributed by atoms with Gasteiger partial charge in [-0.15, -0.1) is 0 Å². The van der Waals surface area contributed by atoms with Gasteiger partial charge in [0.05, 0.1) is 0 Å². The molecular weight excluding hydrogens is 308 g/mol. The van der Waals surface area contributed by atoms with Crippen LogP contribution in [0.15, 0.2) is 46.9 Å². The second-order valence-corrected chi connectivity index (χ2v) is 5.08. The first-order valence-corrected chi connectivity index (χ1v) is 6.93. The summed E-state index contributed by atoms with van der Waals surface area (Å²) in [6.07, 6.45) is 2.93. The van der Waals surface area contributed by atoms with Crippen molar-refractivity contribution in [3.05, 3.63) is 59.0 Å². The van der Waals surface area contributed by atoms with Gasteiger partial charge in [-0.05, 0) is 55.5 Å². The lowest BCUT2D eigenvalue weighted by Crippen LogP contribution is -2.32. The number of aryl methyl sites for hydroxylation is 1. The Morgan fingerprint density at radius 3 is 2.81 bits per heavy atom. The molecule has 0 fully saturated rings. The van der Waals surface area contributed by atoms with Crippen LogP contribution >= 0.6 is 23.8 Å². The number of amides is 1. The quantitative estimate of drug-likeness (QED) is 0.667. The molecule has 21 heavy (non-hydrogen) atoms. The fourth-order valence-electron chi connectivity index (χ4n) is 1.58. The maximum atomic E-state index is 11.7. The Morgan fingerprint density at radius 2 is 2.14 bits per heavy atom. The van der Waals surface area contributed by atoms with E-state index in [1.165, 1.54) is 6.08 Å². The minimum atomic E-state index is -0.344. The predicted molar refractivity (Wildman–Crippen MR) is 88.3 cm³/mol. The zero-order valence-corrected chi connectivity index (χ0v) is 12.8. The Bertz CT molecular complexity index is 694. The summed E-state index contributed by atoms with van der Waals surface area (Å²) in [5.74, 6) is 1.05. The van der Waals surface area contributed by atoms with E-state index in [4.69, 9.17) is 28.2 Å². The second kappa shape index (κ2) is 7.06. The molecule has 1 amide bonds. The van der Waals surface area contributed by atoms with Crippen LogP contribution in [-0.2, 0) is 4.79 Å². The largest absolute Gasteiger partial charge is 0.462 e. The SMILES string of the molecule is Cc1ccc(C=CC(=O)NC(=S)Nc2cccc(Cl)c2)o1. The third-order valence-electron chi connectivity index (χ3n) is 2.48. The van der Waals surface area contributed by atoms with Crippen molar-refractivity contribution >= 4 is 46.6 Å². The van der Waals surface area contributed by atoms with E-state index in [0.717, 1.165) is 5.76 Å². The Kier molecular flexibility index (Phi) is 5.14. The van der Waals surface area contributed by atoms with E-state index in [9.17, 15) is 4.79 Å². The molecule has 0 saturated heterocycles. The fraction of sp³-hybridized carbons (Fsp3) is 0.0667. The molecule has 0 bridgehead atoms. The lowest BCUT2D eigenvalue weighted by atomic mass is 10.3. The summed E-state index contributed by atoms with van der Waals surface area (Å²) in [6, 6.07) is 10.6. The normalized spacial score (nSPS) is 10.6. The molecule has 0 unspecified atom stereocenters. The predicted octanol–water partition coefficient (Wildman–Crippen LogP) is 3.77. The highest BCUT2D eigenvalue weighted by molar-refractivity contribution is 7.80. The molecule has 0 radical (unpaired) electrons. The van der Waals surface area contributed by atoms with Crippen molar-refractivity contribution in [1.29, 1.82) is 0 Å². The van der Waals surface area contributed by atoms with Gasteiger partial charge in [0, 0.05) is 16.8 Å². The van der Waals surface area contributed by atoms with E-state index in [-0.39, 0.29) is 11.0 Å². The monoisotopic (exact) mass is 320 g/mol. The Balaban J connectivity index is 1.87. The molecule has 2 N–H and O–H groups in total. The van der Waals surface area contributed by atoms with Gasteiger partial charge in [-0.3, -0.25) is 10.1 Å². The molecule has 1 aromatic carbocycles. The van der Waals surface area contributed by atoms with Crippen molar-refractivity contribution in [3.63, 3.8) is 0 Å². The number of hydrogen-bond donors (Lipinski definition) is 2. The van der Waals surface area contributed by atoms with Crippen molar-refractivity contribution in [1.82, 2.24) is 5.32 Å². The van der Waals surface area contributed by atoms with Crippen molar-refractivity contribution in [2.45, 2.75) is 6.92 Å². The van der Waals surface area contributed by atoms with Crippen molar-refractivity contribution in [2.24, 2.45) is 0 Å². The number of hydrogen-bond acceptors (Lipinski definition) is 3. The van der Waals surface area contributed by atoms with E-state index in [1.807, 2.05) is 13.0 Å².